The van der Waals surface area contributed by atoms with Gasteiger partial charge in [-0.2, -0.15) is 0 Å². The molecule has 0 aromatic carbocycles. The molecule has 1 fully saturated rings. The van der Waals surface area contributed by atoms with Crippen molar-refractivity contribution in [2.75, 3.05) is 26.3 Å². The second-order valence-electron chi connectivity index (χ2n) is 4.09. The Kier molecular flexibility index (Phi) is 6.18. The molecule has 18 heavy (non-hydrogen) atoms. The highest BCUT2D eigenvalue weighted by atomic mass is 16.6. The lowest BCUT2D eigenvalue weighted by atomic mass is 10.2. The summed E-state index contributed by atoms with van der Waals surface area (Å²) in [5, 5.41) is 0. The summed E-state index contributed by atoms with van der Waals surface area (Å²) >= 11 is 0. The largest absolute Gasteiger partial charge is 0.463 e. The molecule has 0 spiro atoms. The fourth-order valence-electron chi connectivity index (χ4n) is 1.75. The molecule has 0 aromatic heterocycles. The molecular weight excluding hydrogens is 238 g/mol. The third kappa shape index (κ3) is 5.16. The molecule has 0 aliphatic carbocycles. The average molecular weight is 257 g/mol. The first kappa shape index (κ1) is 14.5. The summed E-state index contributed by atoms with van der Waals surface area (Å²) in [5.74, 6) is -1.17. The van der Waals surface area contributed by atoms with Crippen molar-refractivity contribution in [3.8, 4) is 0 Å². The summed E-state index contributed by atoms with van der Waals surface area (Å²) in [6, 6.07) is 0. The fraction of sp³-hybridized carbons (Fsp3) is 0.750. The fourth-order valence-corrected chi connectivity index (χ4v) is 1.75. The zero-order valence-electron chi connectivity index (χ0n) is 10.6. The van der Waals surface area contributed by atoms with Crippen molar-refractivity contribution in [2.45, 2.75) is 32.6 Å². The topological polar surface area (TPSA) is 72.9 Å². The summed E-state index contributed by atoms with van der Waals surface area (Å²) in [5.41, 5.74) is 0. The number of rotatable bonds is 5. The molecule has 0 radical (unpaired) electrons. The second kappa shape index (κ2) is 7.68. The monoisotopic (exact) mass is 257 g/mol. The number of carbonyl (C=O) groups is 3. The molecule has 0 bridgehead atoms. The first-order valence-corrected chi connectivity index (χ1v) is 6.22. The molecule has 1 amide bonds. The van der Waals surface area contributed by atoms with Gasteiger partial charge in [0.25, 0.3) is 0 Å². The molecule has 1 aliphatic heterocycles. The molecule has 1 aliphatic rings. The minimum Gasteiger partial charge on any atom is -0.463 e. The van der Waals surface area contributed by atoms with Gasteiger partial charge in [0, 0.05) is 13.0 Å². The Morgan fingerprint density at radius 1 is 1.17 bits per heavy atom. The lowest BCUT2D eigenvalue weighted by Gasteiger charge is -2.18. The van der Waals surface area contributed by atoms with Gasteiger partial charge in [-0.25, -0.2) is 4.79 Å². The van der Waals surface area contributed by atoms with Gasteiger partial charge >= 0.3 is 11.9 Å². The molecule has 1 saturated heterocycles. The molecular formula is C12H19NO5. The quantitative estimate of drug-likeness (QED) is 0.670. The zero-order chi connectivity index (χ0) is 13.4. The van der Waals surface area contributed by atoms with Gasteiger partial charge in [-0.15, -0.1) is 0 Å². The third-order valence-corrected chi connectivity index (χ3v) is 2.65. The predicted molar refractivity (Wildman–Crippen MR) is 62.6 cm³/mol. The standard InChI is InChI=1S/C12H19NO5/c1-2-17-12(16)9-18-11(15)8-13-7-5-3-4-6-10(13)14/h2-9H2,1H3. The normalized spacial score (nSPS) is 16.1. The Balaban J connectivity index is 2.30. The zero-order valence-corrected chi connectivity index (χ0v) is 10.6. The molecule has 6 nitrogen and oxygen atoms in total. The van der Waals surface area contributed by atoms with Crippen LogP contribution >= 0.6 is 0 Å². The van der Waals surface area contributed by atoms with Crippen LogP contribution in [0, 0.1) is 0 Å². The van der Waals surface area contributed by atoms with Crippen molar-refractivity contribution >= 4 is 17.8 Å². The summed E-state index contributed by atoms with van der Waals surface area (Å²) in [7, 11) is 0. The van der Waals surface area contributed by atoms with E-state index in [0.717, 1.165) is 19.3 Å². The van der Waals surface area contributed by atoms with E-state index >= 15 is 0 Å². The van der Waals surface area contributed by atoms with E-state index in [-0.39, 0.29) is 19.1 Å². The smallest absolute Gasteiger partial charge is 0.344 e. The lowest BCUT2D eigenvalue weighted by Crippen LogP contribution is -2.36. The van der Waals surface area contributed by atoms with Crippen molar-refractivity contribution < 1.29 is 23.9 Å². The van der Waals surface area contributed by atoms with Crippen LogP contribution < -0.4 is 0 Å². The van der Waals surface area contributed by atoms with E-state index < -0.39 is 18.5 Å². The van der Waals surface area contributed by atoms with Gasteiger partial charge in [-0.05, 0) is 19.8 Å². The number of amides is 1. The number of esters is 2. The molecule has 0 unspecified atom stereocenters. The first-order valence-electron chi connectivity index (χ1n) is 6.22. The summed E-state index contributed by atoms with van der Waals surface area (Å²) in [4.78, 5) is 35.5. The average Bonchev–Trinajstić information content (AvgIpc) is 2.53. The highest BCUT2D eigenvalue weighted by molar-refractivity contribution is 5.83. The van der Waals surface area contributed by atoms with Crippen LogP contribution in [0.2, 0.25) is 0 Å². The third-order valence-electron chi connectivity index (χ3n) is 2.65. The minimum absolute atomic E-state index is 0.0272. The van der Waals surface area contributed by atoms with Gasteiger partial charge in [0.2, 0.25) is 5.91 Å². The van der Waals surface area contributed by atoms with Crippen molar-refractivity contribution in [1.82, 2.24) is 4.90 Å². The van der Waals surface area contributed by atoms with Crippen molar-refractivity contribution in [1.29, 1.82) is 0 Å². The Morgan fingerprint density at radius 3 is 2.67 bits per heavy atom. The van der Waals surface area contributed by atoms with Crippen LogP contribution in [0.15, 0.2) is 0 Å². The molecule has 0 saturated carbocycles. The van der Waals surface area contributed by atoms with E-state index in [1.54, 1.807) is 6.92 Å². The number of carbonyl (C=O) groups excluding carboxylic acids is 3. The van der Waals surface area contributed by atoms with E-state index in [2.05, 4.69) is 4.74 Å². The minimum atomic E-state index is -0.576. The Morgan fingerprint density at radius 2 is 1.94 bits per heavy atom. The highest BCUT2D eigenvalue weighted by Gasteiger charge is 2.20. The number of hydrogen-bond acceptors (Lipinski definition) is 5. The molecule has 0 atom stereocenters. The molecule has 0 aromatic rings. The maximum absolute atomic E-state index is 11.6. The first-order chi connectivity index (χ1) is 8.63. The Bertz CT molecular complexity index is 316. The predicted octanol–water partition coefficient (Wildman–Crippen LogP) is 0.495. The van der Waals surface area contributed by atoms with E-state index in [1.807, 2.05) is 0 Å². The molecule has 1 rings (SSSR count). The summed E-state index contributed by atoms with van der Waals surface area (Å²) in [6.45, 7) is 2.02. The molecule has 0 N–H and O–H groups in total. The van der Waals surface area contributed by atoms with E-state index in [1.165, 1.54) is 4.90 Å². The number of ether oxygens (including phenoxy) is 2. The molecule has 102 valence electrons. The number of nitrogens with zero attached hydrogens (tertiary/aromatic N) is 1. The Labute approximate surface area is 106 Å². The molecule has 1 heterocycles. The van der Waals surface area contributed by atoms with Crippen molar-refractivity contribution in [2.24, 2.45) is 0 Å². The van der Waals surface area contributed by atoms with Gasteiger partial charge in [0.1, 0.15) is 6.54 Å². The van der Waals surface area contributed by atoms with E-state index in [4.69, 9.17) is 4.74 Å². The van der Waals surface area contributed by atoms with Crippen LogP contribution in [-0.2, 0) is 23.9 Å². The van der Waals surface area contributed by atoms with Crippen LogP contribution in [-0.4, -0.2) is 49.0 Å². The van der Waals surface area contributed by atoms with E-state index in [0.29, 0.717) is 13.0 Å². The maximum atomic E-state index is 11.6. The van der Waals surface area contributed by atoms with Gasteiger partial charge in [0.15, 0.2) is 6.61 Å². The summed E-state index contributed by atoms with van der Waals surface area (Å²) in [6.07, 6.45) is 3.25. The second-order valence-corrected chi connectivity index (χ2v) is 4.09. The van der Waals surface area contributed by atoms with Crippen LogP contribution in [0.25, 0.3) is 0 Å². The maximum Gasteiger partial charge on any atom is 0.344 e. The van der Waals surface area contributed by atoms with Crippen LogP contribution in [0.3, 0.4) is 0 Å². The van der Waals surface area contributed by atoms with Gasteiger partial charge in [-0.1, -0.05) is 6.42 Å². The summed E-state index contributed by atoms with van der Waals surface area (Å²) < 4.78 is 9.37. The lowest BCUT2D eigenvalue weighted by molar-refractivity contribution is -0.160. The van der Waals surface area contributed by atoms with Crippen LogP contribution in [0.1, 0.15) is 32.6 Å². The molecule has 6 heteroatoms. The van der Waals surface area contributed by atoms with Gasteiger partial charge < -0.3 is 14.4 Å². The van der Waals surface area contributed by atoms with Crippen LogP contribution in [0.4, 0.5) is 0 Å². The number of likely N-dealkylation sites (tertiary alicyclic amines) is 1. The van der Waals surface area contributed by atoms with E-state index in [9.17, 15) is 14.4 Å². The van der Waals surface area contributed by atoms with Gasteiger partial charge in [0.05, 0.1) is 6.61 Å². The SMILES string of the molecule is CCOC(=O)COC(=O)CN1CCCCCC1=O. The van der Waals surface area contributed by atoms with Gasteiger partial charge in [-0.3, -0.25) is 9.59 Å². The Hall–Kier alpha value is -1.59. The number of hydrogen-bond donors (Lipinski definition) is 0. The van der Waals surface area contributed by atoms with Crippen molar-refractivity contribution in [3.63, 3.8) is 0 Å². The highest BCUT2D eigenvalue weighted by Crippen LogP contribution is 2.10. The van der Waals surface area contributed by atoms with Crippen LogP contribution in [0.5, 0.6) is 0 Å². The van der Waals surface area contributed by atoms with Crippen molar-refractivity contribution in [3.05, 3.63) is 0 Å².